The Hall–Kier alpha value is -1.96. The number of aryl methyl sites for hydroxylation is 1. The number of aromatic nitrogens is 1. The van der Waals surface area contributed by atoms with Crippen molar-refractivity contribution in [1.29, 1.82) is 0 Å². The minimum atomic E-state index is -0.117. The molecule has 0 unspecified atom stereocenters. The molecule has 6 nitrogen and oxygen atoms in total. The molecule has 1 aromatic heterocycles. The summed E-state index contributed by atoms with van der Waals surface area (Å²) >= 11 is 1.59. The number of ether oxygens (including phenoxy) is 2. The van der Waals surface area contributed by atoms with Crippen molar-refractivity contribution in [1.82, 2.24) is 15.6 Å². The smallest absolute Gasteiger partial charge is 0.255 e. The molecule has 0 radical (unpaired) electrons. The van der Waals surface area contributed by atoms with E-state index in [4.69, 9.17) is 9.47 Å². The fraction of sp³-hybridized carbons (Fsp3) is 0.500. The predicted molar refractivity (Wildman–Crippen MR) is 106 cm³/mol. The van der Waals surface area contributed by atoms with E-state index in [1.54, 1.807) is 24.5 Å². The van der Waals surface area contributed by atoms with E-state index in [-0.39, 0.29) is 11.3 Å². The van der Waals surface area contributed by atoms with Crippen LogP contribution in [-0.4, -0.2) is 44.2 Å². The normalized spacial score (nSPS) is 16.1. The predicted octanol–water partition coefficient (Wildman–Crippen LogP) is 2.78. The molecule has 3 rings (SSSR count). The molecule has 1 aromatic carbocycles. The lowest BCUT2D eigenvalue weighted by Crippen LogP contribution is -2.47. The number of thiazole rings is 1. The highest BCUT2D eigenvalue weighted by atomic mass is 32.1. The Morgan fingerprint density at radius 2 is 2.11 bits per heavy atom. The van der Waals surface area contributed by atoms with E-state index in [0.29, 0.717) is 31.1 Å². The number of carbonyl (C=O) groups excluding carboxylic acids is 1. The molecule has 146 valence electrons. The largest absolute Gasteiger partial charge is 0.486 e. The van der Waals surface area contributed by atoms with Crippen LogP contribution in [0.3, 0.4) is 0 Å². The van der Waals surface area contributed by atoms with E-state index in [0.717, 1.165) is 36.6 Å². The van der Waals surface area contributed by atoms with Crippen LogP contribution in [0.5, 0.6) is 5.75 Å². The van der Waals surface area contributed by atoms with Gasteiger partial charge < -0.3 is 20.1 Å². The summed E-state index contributed by atoms with van der Waals surface area (Å²) in [4.78, 5) is 17.2. The summed E-state index contributed by atoms with van der Waals surface area (Å²) in [5.41, 5.74) is 1.41. The van der Waals surface area contributed by atoms with Crippen LogP contribution in [0.25, 0.3) is 0 Å². The average Bonchev–Trinajstić information content (AvgIpc) is 3.11. The Balaban J connectivity index is 1.63. The molecule has 0 saturated carbocycles. The van der Waals surface area contributed by atoms with Crippen molar-refractivity contribution in [2.45, 2.75) is 26.4 Å². The minimum Gasteiger partial charge on any atom is -0.486 e. The standard InChI is InChI=1S/C20H27N3O3S/c1-15-23-16(12-27-15)11-26-18-6-4-3-5-17(18)19(24)22-13-20(14-25-2)7-9-21-10-8-20/h3-6,12,21H,7-11,13-14H2,1-2H3,(H,22,24). The van der Waals surface area contributed by atoms with Crippen molar-refractivity contribution in [2.24, 2.45) is 5.41 Å². The Kier molecular flexibility index (Phi) is 6.82. The molecule has 1 aliphatic heterocycles. The molecular formula is C20H27N3O3S. The summed E-state index contributed by atoms with van der Waals surface area (Å²) in [5.74, 6) is 0.459. The van der Waals surface area contributed by atoms with Crippen LogP contribution in [0, 0.1) is 12.3 Å². The fourth-order valence-electron chi connectivity index (χ4n) is 3.40. The van der Waals surface area contributed by atoms with Gasteiger partial charge in [0.2, 0.25) is 0 Å². The van der Waals surface area contributed by atoms with Gasteiger partial charge in [0.25, 0.3) is 5.91 Å². The summed E-state index contributed by atoms with van der Waals surface area (Å²) in [7, 11) is 1.72. The molecule has 1 saturated heterocycles. The molecule has 2 aromatic rings. The van der Waals surface area contributed by atoms with E-state index in [9.17, 15) is 4.79 Å². The van der Waals surface area contributed by atoms with Crippen molar-refractivity contribution in [3.63, 3.8) is 0 Å². The summed E-state index contributed by atoms with van der Waals surface area (Å²) in [5, 5.41) is 9.44. The molecule has 1 aliphatic rings. The van der Waals surface area contributed by atoms with Gasteiger partial charge in [-0.15, -0.1) is 11.3 Å². The summed E-state index contributed by atoms with van der Waals surface area (Å²) in [6.07, 6.45) is 1.98. The van der Waals surface area contributed by atoms with Crippen LogP contribution < -0.4 is 15.4 Å². The summed E-state index contributed by atoms with van der Waals surface area (Å²) in [6.45, 7) is 5.47. The fourth-order valence-corrected chi connectivity index (χ4v) is 4.00. The number of methoxy groups -OCH3 is 1. The maximum Gasteiger partial charge on any atom is 0.255 e. The number of nitrogens with zero attached hydrogens (tertiary/aromatic N) is 1. The highest BCUT2D eigenvalue weighted by Gasteiger charge is 2.32. The number of carbonyl (C=O) groups is 1. The molecule has 0 spiro atoms. The Morgan fingerprint density at radius 3 is 2.81 bits per heavy atom. The number of para-hydroxylation sites is 1. The number of amides is 1. The second-order valence-corrected chi connectivity index (χ2v) is 8.07. The van der Waals surface area contributed by atoms with E-state index < -0.39 is 0 Å². The van der Waals surface area contributed by atoms with Crippen LogP contribution >= 0.6 is 11.3 Å². The number of hydrogen-bond acceptors (Lipinski definition) is 6. The molecule has 2 heterocycles. The van der Waals surface area contributed by atoms with Crippen molar-refractivity contribution in [3.05, 3.63) is 45.9 Å². The molecule has 7 heteroatoms. The van der Waals surface area contributed by atoms with Crippen LogP contribution in [0.1, 0.15) is 33.9 Å². The highest BCUT2D eigenvalue weighted by Crippen LogP contribution is 2.28. The zero-order valence-electron chi connectivity index (χ0n) is 15.9. The van der Waals surface area contributed by atoms with Crippen LogP contribution in [-0.2, 0) is 11.3 Å². The number of hydrogen-bond donors (Lipinski definition) is 2. The number of piperidine rings is 1. The molecule has 1 amide bonds. The molecule has 1 fully saturated rings. The van der Waals surface area contributed by atoms with Crippen molar-refractivity contribution in [3.8, 4) is 5.75 Å². The second kappa shape index (κ2) is 9.30. The quantitative estimate of drug-likeness (QED) is 0.726. The van der Waals surface area contributed by atoms with Crippen molar-refractivity contribution in [2.75, 3.05) is 33.4 Å². The monoisotopic (exact) mass is 389 g/mol. The van der Waals surface area contributed by atoms with E-state index in [2.05, 4.69) is 15.6 Å². The van der Waals surface area contributed by atoms with Gasteiger partial charge >= 0.3 is 0 Å². The van der Waals surface area contributed by atoms with Crippen molar-refractivity contribution < 1.29 is 14.3 Å². The Labute approximate surface area is 164 Å². The second-order valence-electron chi connectivity index (χ2n) is 7.01. The topological polar surface area (TPSA) is 72.5 Å². The maximum absolute atomic E-state index is 12.8. The minimum absolute atomic E-state index is 0.0103. The first-order valence-corrected chi connectivity index (χ1v) is 10.1. The Morgan fingerprint density at radius 1 is 1.33 bits per heavy atom. The highest BCUT2D eigenvalue weighted by molar-refractivity contribution is 7.09. The van der Waals surface area contributed by atoms with Gasteiger partial charge in [0.1, 0.15) is 12.4 Å². The third-order valence-corrected chi connectivity index (χ3v) is 5.73. The Bertz CT molecular complexity index is 751. The van der Waals surface area contributed by atoms with Crippen LogP contribution in [0.2, 0.25) is 0 Å². The molecule has 0 aliphatic carbocycles. The molecule has 0 bridgehead atoms. The van der Waals surface area contributed by atoms with Crippen LogP contribution in [0.15, 0.2) is 29.6 Å². The first-order chi connectivity index (χ1) is 13.1. The number of nitrogens with one attached hydrogen (secondary N) is 2. The number of benzene rings is 1. The van der Waals surface area contributed by atoms with Gasteiger partial charge in [-0.25, -0.2) is 4.98 Å². The van der Waals surface area contributed by atoms with Gasteiger partial charge in [0.15, 0.2) is 0 Å². The van der Waals surface area contributed by atoms with Gasteiger partial charge in [-0.05, 0) is 45.0 Å². The van der Waals surface area contributed by atoms with Gasteiger partial charge in [-0.3, -0.25) is 4.79 Å². The summed E-state index contributed by atoms with van der Waals surface area (Å²) in [6, 6.07) is 7.34. The SMILES string of the molecule is COCC1(CNC(=O)c2ccccc2OCc2csc(C)n2)CCNCC1. The van der Waals surface area contributed by atoms with E-state index >= 15 is 0 Å². The molecule has 0 atom stereocenters. The zero-order chi connectivity index (χ0) is 19.1. The van der Waals surface area contributed by atoms with Crippen LogP contribution in [0.4, 0.5) is 0 Å². The van der Waals surface area contributed by atoms with Gasteiger partial charge in [-0.1, -0.05) is 12.1 Å². The molecule has 27 heavy (non-hydrogen) atoms. The average molecular weight is 390 g/mol. The van der Waals surface area contributed by atoms with Gasteiger partial charge in [0, 0.05) is 24.4 Å². The van der Waals surface area contributed by atoms with Gasteiger partial charge in [0.05, 0.1) is 22.9 Å². The molecule has 2 N–H and O–H groups in total. The number of rotatable bonds is 8. The third kappa shape index (κ3) is 5.28. The molecular weight excluding hydrogens is 362 g/mol. The zero-order valence-corrected chi connectivity index (χ0v) is 16.7. The lowest BCUT2D eigenvalue weighted by molar-refractivity contribution is 0.0511. The lowest BCUT2D eigenvalue weighted by atomic mass is 9.79. The van der Waals surface area contributed by atoms with Crippen molar-refractivity contribution >= 4 is 17.2 Å². The lowest BCUT2D eigenvalue weighted by Gasteiger charge is -2.37. The van der Waals surface area contributed by atoms with E-state index in [1.807, 2.05) is 30.5 Å². The first-order valence-electron chi connectivity index (χ1n) is 9.23. The van der Waals surface area contributed by atoms with Gasteiger partial charge in [-0.2, -0.15) is 0 Å². The first kappa shape index (κ1) is 19.8. The van der Waals surface area contributed by atoms with E-state index in [1.165, 1.54) is 0 Å². The maximum atomic E-state index is 12.8. The summed E-state index contributed by atoms with van der Waals surface area (Å²) < 4.78 is 11.3. The third-order valence-electron chi connectivity index (χ3n) is 4.91.